The standard InChI is InChI=1S/C21H22N4O6S/c1-29-17-10-7-15(13-18(17)30-2)20-23-24-21(31-20)22-19(26)14-5-8-16(9-6-14)32(27,28)25-11-3-4-12-25/h5-10,13H,3-4,11-12H2,1-2H3,(H,22,24,26). The lowest BCUT2D eigenvalue weighted by molar-refractivity contribution is 0.102. The van der Waals surface area contributed by atoms with Crippen LogP contribution >= 0.6 is 0 Å². The predicted molar refractivity (Wildman–Crippen MR) is 115 cm³/mol. The first-order valence-electron chi connectivity index (χ1n) is 9.90. The quantitative estimate of drug-likeness (QED) is 0.573. The van der Waals surface area contributed by atoms with Crippen LogP contribution in [0.4, 0.5) is 6.01 Å². The van der Waals surface area contributed by atoms with Crippen LogP contribution in [0.5, 0.6) is 11.5 Å². The summed E-state index contributed by atoms with van der Waals surface area (Å²) < 4.78 is 42.7. The number of carbonyl (C=O) groups is 1. The van der Waals surface area contributed by atoms with Crippen molar-refractivity contribution >= 4 is 21.9 Å². The average Bonchev–Trinajstić information content (AvgIpc) is 3.51. The van der Waals surface area contributed by atoms with Gasteiger partial charge >= 0.3 is 6.01 Å². The molecule has 1 N–H and O–H groups in total. The van der Waals surface area contributed by atoms with Crippen LogP contribution in [0, 0.1) is 0 Å². The fraction of sp³-hybridized carbons (Fsp3) is 0.286. The molecule has 1 aromatic heterocycles. The van der Waals surface area contributed by atoms with Gasteiger partial charge in [-0.15, -0.1) is 5.10 Å². The molecule has 11 heteroatoms. The lowest BCUT2D eigenvalue weighted by Crippen LogP contribution is -2.27. The van der Waals surface area contributed by atoms with E-state index in [1.807, 2.05) is 0 Å². The van der Waals surface area contributed by atoms with E-state index >= 15 is 0 Å². The van der Waals surface area contributed by atoms with Gasteiger partial charge in [-0.25, -0.2) is 8.42 Å². The van der Waals surface area contributed by atoms with E-state index in [2.05, 4.69) is 15.5 Å². The molecule has 2 heterocycles. The zero-order valence-electron chi connectivity index (χ0n) is 17.6. The Morgan fingerprint density at radius 1 is 1.00 bits per heavy atom. The van der Waals surface area contributed by atoms with E-state index in [0.717, 1.165) is 12.8 Å². The van der Waals surface area contributed by atoms with Crippen molar-refractivity contribution in [3.05, 3.63) is 48.0 Å². The summed E-state index contributed by atoms with van der Waals surface area (Å²) in [5.74, 6) is 0.739. The van der Waals surface area contributed by atoms with E-state index in [4.69, 9.17) is 13.9 Å². The zero-order valence-corrected chi connectivity index (χ0v) is 18.4. The summed E-state index contributed by atoms with van der Waals surface area (Å²) in [6.45, 7) is 1.04. The highest BCUT2D eigenvalue weighted by Gasteiger charge is 2.27. The number of methoxy groups -OCH3 is 2. The largest absolute Gasteiger partial charge is 0.493 e. The molecule has 2 aromatic carbocycles. The SMILES string of the molecule is COc1ccc(-c2nnc(NC(=O)c3ccc(S(=O)(=O)N4CCCC4)cc3)o2)cc1OC. The van der Waals surface area contributed by atoms with E-state index in [1.165, 1.54) is 42.8 Å². The third kappa shape index (κ3) is 4.30. The lowest BCUT2D eigenvalue weighted by atomic mass is 10.2. The number of hydrogen-bond donors (Lipinski definition) is 1. The summed E-state index contributed by atoms with van der Waals surface area (Å²) in [5.41, 5.74) is 0.850. The minimum atomic E-state index is -3.54. The van der Waals surface area contributed by atoms with Crippen LogP contribution in [0.3, 0.4) is 0 Å². The van der Waals surface area contributed by atoms with Crippen LogP contribution in [0.25, 0.3) is 11.5 Å². The average molecular weight is 458 g/mol. The summed E-state index contributed by atoms with van der Waals surface area (Å²) in [5, 5.41) is 10.3. The fourth-order valence-corrected chi connectivity index (χ4v) is 4.90. The Labute approximate surface area is 185 Å². The summed E-state index contributed by atoms with van der Waals surface area (Å²) in [4.78, 5) is 12.7. The van der Waals surface area contributed by atoms with Crippen molar-refractivity contribution in [3.8, 4) is 23.0 Å². The number of nitrogens with one attached hydrogen (secondary N) is 1. The molecule has 0 unspecified atom stereocenters. The maximum Gasteiger partial charge on any atom is 0.322 e. The minimum absolute atomic E-state index is 0.0893. The molecule has 0 radical (unpaired) electrons. The number of carbonyl (C=O) groups excluding carboxylic acids is 1. The van der Waals surface area contributed by atoms with Crippen LogP contribution in [-0.2, 0) is 10.0 Å². The molecular weight excluding hydrogens is 436 g/mol. The Balaban J connectivity index is 1.46. The first-order valence-corrected chi connectivity index (χ1v) is 11.3. The molecule has 1 aliphatic rings. The van der Waals surface area contributed by atoms with Crippen LogP contribution in [-0.4, -0.2) is 56.1 Å². The van der Waals surface area contributed by atoms with Crippen molar-refractivity contribution in [2.75, 3.05) is 32.6 Å². The molecule has 168 valence electrons. The predicted octanol–water partition coefficient (Wildman–Crippen LogP) is 2.79. The Hall–Kier alpha value is -3.44. The molecule has 1 aliphatic heterocycles. The van der Waals surface area contributed by atoms with Crippen molar-refractivity contribution in [2.45, 2.75) is 17.7 Å². The summed E-state index contributed by atoms with van der Waals surface area (Å²) in [6, 6.07) is 10.8. The van der Waals surface area contributed by atoms with E-state index in [1.54, 1.807) is 18.2 Å². The van der Waals surface area contributed by atoms with Gasteiger partial charge in [-0.3, -0.25) is 10.1 Å². The number of anilines is 1. The summed E-state index contributed by atoms with van der Waals surface area (Å²) >= 11 is 0. The monoisotopic (exact) mass is 458 g/mol. The van der Waals surface area contributed by atoms with Crippen molar-refractivity contribution < 1.29 is 27.1 Å². The number of amides is 1. The molecule has 32 heavy (non-hydrogen) atoms. The third-order valence-electron chi connectivity index (χ3n) is 5.10. The van der Waals surface area contributed by atoms with Gasteiger partial charge in [-0.1, -0.05) is 5.10 Å². The minimum Gasteiger partial charge on any atom is -0.493 e. The summed E-state index contributed by atoms with van der Waals surface area (Å²) in [6.07, 6.45) is 1.71. The van der Waals surface area contributed by atoms with Crippen molar-refractivity contribution in [3.63, 3.8) is 0 Å². The van der Waals surface area contributed by atoms with Gasteiger partial charge in [0.1, 0.15) is 0 Å². The molecule has 0 atom stereocenters. The first kappa shape index (κ1) is 21.8. The Bertz CT molecular complexity index is 1220. The maximum atomic E-state index is 12.6. The van der Waals surface area contributed by atoms with Gasteiger partial charge in [0.05, 0.1) is 19.1 Å². The molecule has 1 saturated heterocycles. The highest BCUT2D eigenvalue weighted by Crippen LogP contribution is 2.32. The van der Waals surface area contributed by atoms with Crippen molar-refractivity contribution in [1.29, 1.82) is 0 Å². The second-order valence-corrected chi connectivity index (χ2v) is 9.01. The second-order valence-electron chi connectivity index (χ2n) is 7.07. The van der Waals surface area contributed by atoms with Gasteiger partial charge in [0.15, 0.2) is 11.5 Å². The molecule has 0 aliphatic carbocycles. The topological polar surface area (TPSA) is 124 Å². The molecule has 1 fully saturated rings. The van der Waals surface area contributed by atoms with Crippen LogP contribution in [0.2, 0.25) is 0 Å². The Kier molecular flexibility index (Phi) is 6.10. The fourth-order valence-electron chi connectivity index (χ4n) is 3.38. The molecule has 0 bridgehead atoms. The number of nitrogens with zero attached hydrogens (tertiary/aromatic N) is 3. The van der Waals surface area contributed by atoms with E-state index in [9.17, 15) is 13.2 Å². The lowest BCUT2D eigenvalue weighted by Gasteiger charge is -2.15. The van der Waals surface area contributed by atoms with E-state index in [0.29, 0.717) is 30.2 Å². The second kappa shape index (κ2) is 8.97. The van der Waals surface area contributed by atoms with Crippen molar-refractivity contribution in [1.82, 2.24) is 14.5 Å². The molecule has 10 nitrogen and oxygen atoms in total. The molecular formula is C21H22N4O6S. The number of ether oxygens (including phenoxy) is 2. The number of hydrogen-bond acceptors (Lipinski definition) is 8. The third-order valence-corrected chi connectivity index (χ3v) is 7.01. The molecule has 0 saturated carbocycles. The Morgan fingerprint density at radius 3 is 2.34 bits per heavy atom. The molecule has 0 spiro atoms. The summed E-state index contributed by atoms with van der Waals surface area (Å²) in [7, 11) is -0.486. The number of aromatic nitrogens is 2. The molecule has 3 aromatic rings. The normalized spacial score (nSPS) is 14.3. The van der Waals surface area contributed by atoms with Gasteiger partial charge in [0.25, 0.3) is 5.91 Å². The van der Waals surface area contributed by atoms with Gasteiger partial charge in [0, 0.05) is 24.2 Å². The number of benzene rings is 2. The van der Waals surface area contributed by atoms with E-state index < -0.39 is 15.9 Å². The molecule has 4 rings (SSSR count). The smallest absolute Gasteiger partial charge is 0.322 e. The highest BCUT2D eigenvalue weighted by atomic mass is 32.2. The number of sulfonamides is 1. The van der Waals surface area contributed by atoms with Crippen molar-refractivity contribution in [2.24, 2.45) is 0 Å². The number of rotatable bonds is 7. The first-order chi connectivity index (χ1) is 15.4. The van der Waals surface area contributed by atoms with Gasteiger partial charge in [-0.2, -0.15) is 4.31 Å². The van der Waals surface area contributed by atoms with Gasteiger partial charge < -0.3 is 13.9 Å². The highest BCUT2D eigenvalue weighted by molar-refractivity contribution is 7.89. The Morgan fingerprint density at radius 2 is 1.69 bits per heavy atom. The maximum absolute atomic E-state index is 12.6. The van der Waals surface area contributed by atoms with Crippen LogP contribution in [0.15, 0.2) is 51.8 Å². The van der Waals surface area contributed by atoms with E-state index in [-0.39, 0.29) is 22.4 Å². The zero-order chi connectivity index (χ0) is 22.7. The van der Waals surface area contributed by atoms with Crippen LogP contribution in [0.1, 0.15) is 23.2 Å². The van der Waals surface area contributed by atoms with Crippen LogP contribution < -0.4 is 14.8 Å². The van der Waals surface area contributed by atoms with Gasteiger partial charge in [-0.05, 0) is 55.3 Å². The molecule has 1 amide bonds. The van der Waals surface area contributed by atoms with Gasteiger partial charge in [0.2, 0.25) is 15.9 Å².